The first-order chi connectivity index (χ1) is 13.7. The lowest BCUT2D eigenvalue weighted by atomic mass is 10.1. The SMILES string of the molecule is C[C@@H]1COCCN1c1nc(Cl)nc2c(C3=CCN(C(=O)OC(C)(C)C)C3)csc12. The molecule has 2 aliphatic heterocycles. The van der Waals surface area contributed by atoms with Crippen molar-refractivity contribution < 1.29 is 14.3 Å². The summed E-state index contributed by atoms with van der Waals surface area (Å²) in [5, 5.41) is 2.31. The summed E-state index contributed by atoms with van der Waals surface area (Å²) in [5.74, 6) is 0.856. The first kappa shape index (κ1) is 20.4. The van der Waals surface area contributed by atoms with Crippen LogP contribution < -0.4 is 4.90 Å². The Morgan fingerprint density at radius 1 is 1.38 bits per heavy atom. The van der Waals surface area contributed by atoms with Crippen LogP contribution in [-0.2, 0) is 9.47 Å². The maximum Gasteiger partial charge on any atom is 0.410 e. The molecule has 0 unspecified atom stereocenters. The first-order valence-corrected chi connectivity index (χ1v) is 10.9. The lowest BCUT2D eigenvalue weighted by molar-refractivity contribution is 0.0306. The lowest BCUT2D eigenvalue weighted by Crippen LogP contribution is -2.44. The van der Waals surface area contributed by atoms with Gasteiger partial charge in [-0.1, -0.05) is 6.08 Å². The van der Waals surface area contributed by atoms with Gasteiger partial charge in [0.15, 0.2) is 5.82 Å². The van der Waals surface area contributed by atoms with Crippen molar-refractivity contribution in [2.24, 2.45) is 0 Å². The molecule has 0 aromatic carbocycles. The number of morpholine rings is 1. The zero-order chi connectivity index (χ0) is 20.8. The first-order valence-electron chi connectivity index (χ1n) is 9.69. The van der Waals surface area contributed by atoms with E-state index in [1.54, 1.807) is 16.2 Å². The number of hydrogen-bond donors (Lipinski definition) is 0. The third-order valence-corrected chi connectivity index (χ3v) is 6.06. The number of thiophene rings is 1. The van der Waals surface area contributed by atoms with E-state index in [1.807, 2.05) is 20.8 Å². The Morgan fingerprint density at radius 2 is 2.17 bits per heavy atom. The largest absolute Gasteiger partial charge is 0.444 e. The van der Waals surface area contributed by atoms with Gasteiger partial charge in [-0.25, -0.2) is 9.78 Å². The summed E-state index contributed by atoms with van der Waals surface area (Å²) in [7, 11) is 0. The molecule has 29 heavy (non-hydrogen) atoms. The Morgan fingerprint density at radius 3 is 2.90 bits per heavy atom. The Labute approximate surface area is 179 Å². The van der Waals surface area contributed by atoms with Gasteiger partial charge in [0.25, 0.3) is 0 Å². The average molecular weight is 437 g/mol. The molecule has 156 valence electrons. The Bertz CT molecular complexity index is 969. The molecule has 1 amide bonds. The maximum absolute atomic E-state index is 12.4. The van der Waals surface area contributed by atoms with Crippen molar-refractivity contribution in [1.82, 2.24) is 14.9 Å². The van der Waals surface area contributed by atoms with Gasteiger partial charge in [0.1, 0.15) is 5.60 Å². The smallest absolute Gasteiger partial charge is 0.410 e. The topological polar surface area (TPSA) is 67.8 Å². The predicted molar refractivity (Wildman–Crippen MR) is 116 cm³/mol. The molecule has 2 aromatic heterocycles. The van der Waals surface area contributed by atoms with Gasteiger partial charge in [-0.3, -0.25) is 0 Å². The molecule has 7 nitrogen and oxygen atoms in total. The normalized spacial score (nSPS) is 20.3. The second kappa shape index (κ2) is 7.74. The standard InChI is InChI=1S/C20H25ClN4O3S/c1-12-10-27-8-7-25(12)17-16-15(22-18(21)23-17)14(11-29-16)13-5-6-24(9-13)19(26)28-20(2,3)4/h5,11-12H,6-10H2,1-4H3/t12-/m1/s1. The number of carbonyl (C=O) groups is 1. The minimum absolute atomic E-state index is 0.219. The van der Waals surface area contributed by atoms with Crippen LogP contribution in [-0.4, -0.2) is 65.5 Å². The number of hydrogen-bond acceptors (Lipinski definition) is 7. The number of rotatable bonds is 2. The maximum atomic E-state index is 12.4. The summed E-state index contributed by atoms with van der Waals surface area (Å²) in [6.45, 7) is 10.8. The number of aromatic nitrogens is 2. The monoisotopic (exact) mass is 436 g/mol. The fourth-order valence-electron chi connectivity index (χ4n) is 3.56. The summed E-state index contributed by atoms with van der Waals surface area (Å²) < 4.78 is 12.1. The van der Waals surface area contributed by atoms with Crippen LogP contribution in [0.25, 0.3) is 15.8 Å². The second-order valence-electron chi connectivity index (χ2n) is 8.35. The van der Waals surface area contributed by atoms with Crippen LogP contribution in [0.5, 0.6) is 0 Å². The molecule has 1 fully saturated rings. The zero-order valence-electron chi connectivity index (χ0n) is 17.1. The summed E-state index contributed by atoms with van der Waals surface area (Å²) in [6.07, 6.45) is 1.75. The minimum Gasteiger partial charge on any atom is -0.444 e. The van der Waals surface area contributed by atoms with Crippen molar-refractivity contribution >= 4 is 50.6 Å². The van der Waals surface area contributed by atoms with E-state index in [-0.39, 0.29) is 17.4 Å². The average Bonchev–Trinajstić information content (AvgIpc) is 3.26. The lowest BCUT2D eigenvalue weighted by Gasteiger charge is -2.34. The van der Waals surface area contributed by atoms with E-state index in [0.717, 1.165) is 33.7 Å². The highest BCUT2D eigenvalue weighted by molar-refractivity contribution is 7.18. The number of ether oxygens (including phenoxy) is 2. The van der Waals surface area contributed by atoms with Crippen LogP contribution in [0.15, 0.2) is 11.5 Å². The predicted octanol–water partition coefficient (Wildman–Crippen LogP) is 4.20. The van der Waals surface area contributed by atoms with Crippen molar-refractivity contribution in [2.45, 2.75) is 39.3 Å². The van der Waals surface area contributed by atoms with Crippen LogP contribution in [0.2, 0.25) is 5.28 Å². The van der Waals surface area contributed by atoms with Crippen molar-refractivity contribution in [3.63, 3.8) is 0 Å². The van der Waals surface area contributed by atoms with E-state index >= 15 is 0 Å². The summed E-state index contributed by atoms with van der Waals surface area (Å²) in [6, 6.07) is 0.219. The minimum atomic E-state index is -0.514. The Hall–Kier alpha value is -1.90. The van der Waals surface area contributed by atoms with Crippen LogP contribution in [0.3, 0.4) is 0 Å². The molecule has 0 radical (unpaired) electrons. The van der Waals surface area contributed by atoms with Crippen LogP contribution in [0, 0.1) is 0 Å². The Balaban J connectivity index is 1.62. The van der Waals surface area contributed by atoms with Gasteiger partial charge in [0.05, 0.1) is 29.5 Å². The molecular formula is C20H25ClN4O3S. The molecule has 0 spiro atoms. The molecule has 2 aliphatic rings. The number of fused-ring (bicyclic) bond motifs is 1. The molecule has 9 heteroatoms. The molecule has 1 saturated heterocycles. The molecule has 0 saturated carbocycles. The number of halogens is 1. The van der Waals surface area contributed by atoms with Crippen molar-refractivity contribution in [3.8, 4) is 0 Å². The van der Waals surface area contributed by atoms with Crippen LogP contribution in [0.4, 0.5) is 10.6 Å². The highest BCUT2D eigenvalue weighted by Gasteiger charge is 2.29. The van der Waals surface area contributed by atoms with Gasteiger partial charge in [-0.05, 0) is 44.9 Å². The molecule has 0 bridgehead atoms. The third kappa shape index (κ3) is 4.20. The van der Waals surface area contributed by atoms with E-state index in [9.17, 15) is 4.79 Å². The molecule has 1 atom stereocenters. The van der Waals surface area contributed by atoms with Crippen LogP contribution >= 0.6 is 22.9 Å². The van der Waals surface area contributed by atoms with E-state index in [4.69, 9.17) is 21.1 Å². The molecule has 4 rings (SSSR count). The molecule has 2 aromatic rings. The molecular weight excluding hydrogens is 412 g/mol. The number of amides is 1. The van der Waals surface area contributed by atoms with E-state index in [1.165, 1.54) is 0 Å². The summed E-state index contributed by atoms with van der Waals surface area (Å²) in [4.78, 5) is 25.4. The van der Waals surface area contributed by atoms with Crippen molar-refractivity contribution in [2.75, 3.05) is 37.7 Å². The Kier molecular flexibility index (Phi) is 5.44. The number of anilines is 1. The third-order valence-electron chi connectivity index (χ3n) is 4.93. The number of carbonyl (C=O) groups excluding carboxylic acids is 1. The molecule has 4 heterocycles. The highest BCUT2D eigenvalue weighted by atomic mass is 35.5. The summed E-state index contributed by atoms with van der Waals surface area (Å²) >= 11 is 7.91. The van der Waals surface area contributed by atoms with Crippen molar-refractivity contribution in [1.29, 1.82) is 0 Å². The molecule has 0 aliphatic carbocycles. The second-order valence-corrected chi connectivity index (χ2v) is 9.57. The van der Waals surface area contributed by atoms with E-state index in [2.05, 4.69) is 33.2 Å². The quantitative estimate of drug-likeness (QED) is 0.657. The molecule has 0 N–H and O–H groups in total. The summed E-state index contributed by atoms with van der Waals surface area (Å²) in [5.41, 5.74) is 2.38. The fourth-order valence-corrected chi connectivity index (χ4v) is 4.76. The van der Waals surface area contributed by atoms with E-state index < -0.39 is 5.60 Å². The van der Waals surface area contributed by atoms with Gasteiger partial charge >= 0.3 is 6.09 Å². The van der Waals surface area contributed by atoms with Gasteiger partial charge in [0, 0.05) is 30.6 Å². The van der Waals surface area contributed by atoms with Crippen LogP contribution in [0.1, 0.15) is 33.3 Å². The fraction of sp³-hybridized carbons (Fsp3) is 0.550. The van der Waals surface area contributed by atoms with Gasteiger partial charge in [-0.15, -0.1) is 11.3 Å². The van der Waals surface area contributed by atoms with E-state index in [0.29, 0.717) is 26.3 Å². The van der Waals surface area contributed by atoms with Gasteiger partial charge in [0.2, 0.25) is 5.28 Å². The highest BCUT2D eigenvalue weighted by Crippen LogP contribution is 2.38. The van der Waals surface area contributed by atoms with Gasteiger partial charge < -0.3 is 19.3 Å². The van der Waals surface area contributed by atoms with Crippen molar-refractivity contribution in [3.05, 3.63) is 22.3 Å². The van der Waals surface area contributed by atoms with Gasteiger partial charge in [-0.2, -0.15) is 4.98 Å². The number of nitrogens with zero attached hydrogens (tertiary/aromatic N) is 4. The zero-order valence-corrected chi connectivity index (χ0v) is 18.6.